The molecule has 0 aromatic carbocycles. The van der Waals surface area contributed by atoms with Gasteiger partial charge >= 0.3 is 0 Å². The number of hydrogen-bond donors (Lipinski definition) is 2. The van der Waals surface area contributed by atoms with Crippen LogP contribution in [-0.2, 0) is 0 Å². The zero-order valence-corrected chi connectivity index (χ0v) is 13.7. The summed E-state index contributed by atoms with van der Waals surface area (Å²) in [6.45, 7) is 7.13. The lowest BCUT2D eigenvalue weighted by Crippen LogP contribution is -2.25. The number of nitrogens with zero attached hydrogens (tertiary/aromatic N) is 2. The quantitative estimate of drug-likeness (QED) is 0.690. The first kappa shape index (κ1) is 24.0. The SMILES string of the molecule is CN(C)CCN(C)C.[B]C(=O)NCC.[B]C(=O)NCC. The van der Waals surface area contributed by atoms with Crippen LogP contribution >= 0.6 is 0 Å². The monoisotopic (exact) mass is 282 g/mol. The normalized spacial score (nSPS) is 9.00. The van der Waals surface area contributed by atoms with Crippen molar-refractivity contribution in [2.24, 2.45) is 0 Å². The van der Waals surface area contributed by atoms with Gasteiger partial charge in [0.1, 0.15) is 0 Å². The van der Waals surface area contributed by atoms with Crippen LogP contribution in [0.4, 0.5) is 9.59 Å². The second kappa shape index (κ2) is 18.0. The second-order valence-corrected chi connectivity index (χ2v) is 4.40. The minimum absolute atomic E-state index is 0.461. The summed E-state index contributed by atoms with van der Waals surface area (Å²) < 4.78 is 0. The highest BCUT2D eigenvalue weighted by molar-refractivity contribution is 6.57. The fourth-order valence-electron chi connectivity index (χ4n) is 0.748. The molecule has 6 nitrogen and oxygen atoms in total. The van der Waals surface area contributed by atoms with Crippen LogP contribution in [-0.4, -0.2) is 91.5 Å². The second-order valence-electron chi connectivity index (χ2n) is 4.40. The first-order chi connectivity index (χ1) is 9.17. The molecule has 0 spiro atoms. The molecule has 20 heavy (non-hydrogen) atoms. The van der Waals surface area contributed by atoms with Crippen molar-refractivity contribution in [3.63, 3.8) is 0 Å². The topological polar surface area (TPSA) is 64.7 Å². The van der Waals surface area contributed by atoms with Crippen molar-refractivity contribution in [2.75, 3.05) is 54.4 Å². The molecular weight excluding hydrogens is 254 g/mol. The van der Waals surface area contributed by atoms with Crippen LogP contribution in [0.3, 0.4) is 0 Å². The largest absolute Gasteiger partial charge is 0.366 e. The predicted octanol–water partition coefficient (Wildman–Crippen LogP) is -0.122. The number of amides is 2. The van der Waals surface area contributed by atoms with E-state index in [2.05, 4.69) is 64.3 Å². The third kappa shape index (κ3) is 43.5. The number of likely N-dealkylation sites (N-methyl/N-ethyl adjacent to an activating group) is 2. The third-order valence-corrected chi connectivity index (χ3v) is 1.70. The van der Waals surface area contributed by atoms with E-state index in [0.29, 0.717) is 13.1 Å². The van der Waals surface area contributed by atoms with Gasteiger partial charge < -0.3 is 20.4 Å². The molecule has 114 valence electrons. The van der Waals surface area contributed by atoms with Crippen LogP contribution in [0.5, 0.6) is 0 Å². The van der Waals surface area contributed by atoms with Gasteiger partial charge in [-0.05, 0) is 42.0 Å². The Kier molecular flexibility index (Phi) is 21.6. The van der Waals surface area contributed by atoms with Gasteiger partial charge in [0.2, 0.25) is 0 Å². The number of hydrogen-bond acceptors (Lipinski definition) is 4. The van der Waals surface area contributed by atoms with Gasteiger partial charge in [-0.15, -0.1) is 0 Å². The van der Waals surface area contributed by atoms with Crippen molar-refractivity contribution in [3.05, 3.63) is 0 Å². The van der Waals surface area contributed by atoms with Gasteiger partial charge in [0.05, 0.1) is 0 Å². The van der Waals surface area contributed by atoms with Gasteiger partial charge in [-0.2, -0.15) is 0 Å². The highest BCUT2D eigenvalue weighted by Crippen LogP contribution is 1.76. The lowest BCUT2D eigenvalue weighted by Gasteiger charge is -2.13. The van der Waals surface area contributed by atoms with Crippen LogP contribution in [0.1, 0.15) is 13.8 Å². The Bertz CT molecular complexity index is 215. The third-order valence-electron chi connectivity index (χ3n) is 1.70. The van der Waals surface area contributed by atoms with E-state index in [-0.39, 0.29) is 0 Å². The van der Waals surface area contributed by atoms with Gasteiger partial charge in [-0.3, -0.25) is 9.59 Å². The highest BCUT2D eigenvalue weighted by Gasteiger charge is 1.89. The van der Waals surface area contributed by atoms with E-state index >= 15 is 0 Å². The van der Waals surface area contributed by atoms with Gasteiger partial charge in [-0.25, -0.2) is 0 Å². The van der Waals surface area contributed by atoms with Crippen molar-refractivity contribution in [3.8, 4) is 0 Å². The maximum atomic E-state index is 9.71. The molecule has 0 aromatic heterocycles. The molecule has 0 aliphatic rings. The van der Waals surface area contributed by atoms with Crippen LogP contribution in [0.25, 0.3) is 0 Å². The van der Waals surface area contributed by atoms with E-state index in [4.69, 9.17) is 0 Å². The van der Waals surface area contributed by atoms with Crippen molar-refractivity contribution in [1.82, 2.24) is 20.4 Å². The fourth-order valence-corrected chi connectivity index (χ4v) is 0.748. The standard InChI is InChI=1S/C6H16N2.2C3H6BNO/c1-7(2)5-6-8(3)4;2*1-2-5-3(4)6/h5-6H2,1-4H3;2*2H2,1H3,(H,5,6). The predicted molar refractivity (Wildman–Crippen MR) is 86.8 cm³/mol. The van der Waals surface area contributed by atoms with E-state index in [1.54, 1.807) is 0 Å². The molecule has 0 unspecified atom stereocenters. The molecule has 0 aliphatic heterocycles. The van der Waals surface area contributed by atoms with Crippen LogP contribution < -0.4 is 10.6 Å². The average molecular weight is 282 g/mol. The Hall–Kier alpha value is -1.01. The van der Waals surface area contributed by atoms with E-state index in [0.717, 1.165) is 13.1 Å². The molecule has 0 saturated heterocycles. The van der Waals surface area contributed by atoms with Crippen molar-refractivity contribution < 1.29 is 9.59 Å². The smallest absolute Gasteiger partial charge is 0.200 e. The van der Waals surface area contributed by atoms with Crippen LogP contribution in [0.15, 0.2) is 0 Å². The van der Waals surface area contributed by atoms with Crippen molar-refractivity contribution in [1.29, 1.82) is 0 Å². The first-order valence-corrected chi connectivity index (χ1v) is 6.53. The van der Waals surface area contributed by atoms with Gasteiger partial charge in [0, 0.05) is 26.2 Å². The summed E-state index contributed by atoms with van der Waals surface area (Å²) in [5.74, 6) is -0.921. The molecule has 0 fully saturated rings. The Morgan fingerprint density at radius 2 is 1.05 bits per heavy atom. The number of rotatable bonds is 5. The Labute approximate surface area is 126 Å². The average Bonchev–Trinajstić information content (AvgIpc) is 2.27. The molecule has 4 radical (unpaired) electrons. The van der Waals surface area contributed by atoms with E-state index < -0.39 is 11.6 Å². The van der Waals surface area contributed by atoms with Crippen LogP contribution in [0, 0.1) is 0 Å². The number of carbonyl (C=O) groups excluding carboxylic acids is 2. The fraction of sp³-hybridized carbons (Fsp3) is 0.833. The summed E-state index contributed by atoms with van der Waals surface area (Å²) in [4.78, 5) is 23.8. The lowest BCUT2D eigenvalue weighted by atomic mass is 10.1. The van der Waals surface area contributed by atoms with Crippen molar-refractivity contribution >= 4 is 27.3 Å². The molecule has 0 rings (SSSR count). The molecule has 2 N–H and O–H groups in total. The van der Waals surface area contributed by atoms with E-state index in [1.807, 2.05) is 13.8 Å². The summed E-state index contributed by atoms with van der Waals surface area (Å²) in [6.07, 6.45) is 0. The minimum atomic E-state index is -0.461. The summed E-state index contributed by atoms with van der Waals surface area (Å²) in [7, 11) is 17.7. The minimum Gasteiger partial charge on any atom is -0.366 e. The summed E-state index contributed by atoms with van der Waals surface area (Å²) >= 11 is 0. The van der Waals surface area contributed by atoms with Crippen molar-refractivity contribution in [2.45, 2.75) is 13.8 Å². The molecule has 0 heterocycles. The molecule has 0 aromatic rings. The molecule has 0 aliphatic carbocycles. The summed E-state index contributed by atoms with van der Waals surface area (Å²) in [6, 6.07) is 0. The molecule has 2 amide bonds. The van der Waals surface area contributed by atoms with Gasteiger partial charge in [0.25, 0.3) is 0 Å². The maximum absolute atomic E-state index is 9.71. The van der Waals surface area contributed by atoms with E-state index in [9.17, 15) is 9.59 Å². The molecular formula is C12H28B2N4O2. The molecule has 8 heteroatoms. The zero-order valence-electron chi connectivity index (χ0n) is 13.7. The van der Waals surface area contributed by atoms with Gasteiger partial charge in [0.15, 0.2) is 27.3 Å². The Balaban J connectivity index is -0.000000221. The molecule has 0 atom stereocenters. The lowest BCUT2D eigenvalue weighted by molar-refractivity contribution is 0.259. The number of nitrogens with one attached hydrogen (secondary N) is 2. The Morgan fingerprint density at radius 1 is 0.800 bits per heavy atom. The Morgan fingerprint density at radius 3 is 1.10 bits per heavy atom. The summed E-state index contributed by atoms with van der Waals surface area (Å²) in [5.41, 5.74) is 0. The van der Waals surface area contributed by atoms with Gasteiger partial charge in [-0.1, -0.05) is 0 Å². The first-order valence-electron chi connectivity index (χ1n) is 6.53. The zero-order chi connectivity index (χ0) is 16.6. The molecule has 0 bridgehead atoms. The van der Waals surface area contributed by atoms with Crippen LogP contribution in [0.2, 0.25) is 0 Å². The summed E-state index contributed by atoms with van der Waals surface area (Å²) in [5, 5.41) is 4.69. The van der Waals surface area contributed by atoms with E-state index in [1.165, 1.54) is 0 Å². The number of carbonyl (C=O) groups is 2. The maximum Gasteiger partial charge on any atom is 0.200 e. The molecule has 0 saturated carbocycles. The highest BCUT2D eigenvalue weighted by atomic mass is 16.1.